The lowest BCUT2D eigenvalue weighted by Crippen LogP contribution is -2.12. The monoisotopic (exact) mass is 266 g/mol. The second-order valence-corrected chi connectivity index (χ2v) is 4.10. The van der Waals surface area contributed by atoms with Crippen molar-refractivity contribution in [3.05, 3.63) is 23.9 Å². The van der Waals surface area contributed by atoms with Gasteiger partial charge in [0.25, 0.3) is 0 Å². The summed E-state index contributed by atoms with van der Waals surface area (Å²) in [5.41, 5.74) is 0.487. The molecule has 0 unspecified atom stereocenters. The van der Waals surface area contributed by atoms with Gasteiger partial charge in [0.05, 0.1) is 6.61 Å². The molecule has 5 heteroatoms. The Morgan fingerprint density at radius 2 is 2.21 bits per heavy atom. The zero-order chi connectivity index (χ0) is 13.9. The normalized spacial score (nSPS) is 10.2. The molecule has 1 rings (SSSR count). The van der Waals surface area contributed by atoms with Crippen LogP contribution in [0.4, 0.5) is 5.82 Å². The molecular formula is C14H22N2O3. The first-order valence-electron chi connectivity index (χ1n) is 6.64. The number of aromatic nitrogens is 1. The second-order valence-electron chi connectivity index (χ2n) is 4.10. The lowest BCUT2D eigenvalue weighted by Gasteiger charge is -2.09. The first kappa shape index (κ1) is 15.4. The molecule has 1 aromatic rings. The number of methoxy groups -OCH3 is 1. The van der Waals surface area contributed by atoms with Crippen LogP contribution in [-0.2, 0) is 9.47 Å². The summed E-state index contributed by atoms with van der Waals surface area (Å²) in [4.78, 5) is 15.9. The highest BCUT2D eigenvalue weighted by molar-refractivity contribution is 5.94. The summed E-state index contributed by atoms with van der Waals surface area (Å²) in [7, 11) is 1.71. The Balaban J connectivity index is 2.42. The van der Waals surface area contributed by atoms with E-state index in [0.29, 0.717) is 18.0 Å². The van der Waals surface area contributed by atoms with Gasteiger partial charge >= 0.3 is 5.97 Å². The van der Waals surface area contributed by atoms with E-state index in [9.17, 15) is 4.79 Å². The molecule has 19 heavy (non-hydrogen) atoms. The zero-order valence-corrected chi connectivity index (χ0v) is 11.6. The van der Waals surface area contributed by atoms with Gasteiger partial charge in [0.1, 0.15) is 11.4 Å². The molecule has 0 spiro atoms. The molecule has 0 atom stereocenters. The number of carbonyl (C=O) groups excluding carboxylic acids is 1. The van der Waals surface area contributed by atoms with E-state index in [4.69, 9.17) is 9.47 Å². The molecule has 0 aliphatic carbocycles. The van der Waals surface area contributed by atoms with Crippen LogP contribution < -0.4 is 5.32 Å². The maximum atomic E-state index is 11.7. The largest absolute Gasteiger partial charge is 0.462 e. The predicted molar refractivity (Wildman–Crippen MR) is 74.4 cm³/mol. The van der Waals surface area contributed by atoms with Crippen molar-refractivity contribution < 1.29 is 14.3 Å². The highest BCUT2D eigenvalue weighted by Crippen LogP contribution is 2.13. The number of hydrogen-bond acceptors (Lipinski definition) is 5. The molecule has 1 N–H and O–H groups in total. The number of anilines is 1. The fourth-order valence-corrected chi connectivity index (χ4v) is 1.67. The average Bonchev–Trinajstić information content (AvgIpc) is 2.43. The summed E-state index contributed by atoms with van der Waals surface area (Å²) < 4.78 is 9.98. The van der Waals surface area contributed by atoms with E-state index in [1.165, 1.54) is 0 Å². The molecule has 106 valence electrons. The SMILES string of the molecule is CCOC(=O)c1cccnc1NCCCCCOC. The van der Waals surface area contributed by atoms with Gasteiger partial charge in [0, 0.05) is 26.5 Å². The van der Waals surface area contributed by atoms with E-state index in [0.717, 1.165) is 32.4 Å². The standard InChI is InChI=1S/C14H22N2O3/c1-3-19-14(17)12-8-7-10-16-13(12)15-9-5-4-6-11-18-2/h7-8,10H,3-6,9,11H2,1-2H3,(H,15,16). The average molecular weight is 266 g/mol. The summed E-state index contributed by atoms with van der Waals surface area (Å²) in [6, 6.07) is 3.45. The number of hydrogen-bond donors (Lipinski definition) is 1. The van der Waals surface area contributed by atoms with Crippen LogP contribution in [0, 0.1) is 0 Å². The predicted octanol–water partition coefficient (Wildman–Crippen LogP) is 2.49. The topological polar surface area (TPSA) is 60.5 Å². The maximum absolute atomic E-state index is 11.7. The molecule has 5 nitrogen and oxygen atoms in total. The highest BCUT2D eigenvalue weighted by Gasteiger charge is 2.12. The smallest absolute Gasteiger partial charge is 0.341 e. The number of pyridine rings is 1. The van der Waals surface area contributed by atoms with Crippen LogP contribution in [0.5, 0.6) is 0 Å². The van der Waals surface area contributed by atoms with Gasteiger partial charge in [-0.05, 0) is 38.3 Å². The fraction of sp³-hybridized carbons (Fsp3) is 0.571. The second kappa shape index (κ2) is 9.33. The molecule has 0 saturated heterocycles. The Kier molecular flexibility index (Phi) is 7.58. The van der Waals surface area contributed by atoms with E-state index < -0.39 is 0 Å². The van der Waals surface area contributed by atoms with E-state index in [1.54, 1.807) is 32.4 Å². The van der Waals surface area contributed by atoms with Crippen LogP contribution in [0.25, 0.3) is 0 Å². The van der Waals surface area contributed by atoms with Gasteiger partial charge in [-0.15, -0.1) is 0 Å². The molecule has 1 heterocycles. The maximum Gasteiger partial charge on any atom is 0.341 e. The molecule has 1 aromatic heterocycles. The molecule has 0 radical (unpaired) electrons. The quantitative estimate of drug-likeness (QED) is 0.549. The number of rotatable bonds is 9. The third-order valence-electron chi connectivity index (χ3n) is 2.62. The van der Waals surface area contributed by atoms with Gasteiger partial charge in [0.15, 0.2) is 0 Å². The van der Waals surface area contributed by atoms with Crippen molar-refractivity contribution in [3.8, 4) is 0 Å². The Bertz CT molecular complexity index is 383. The summed E-state index contributed by atoms with van der Waals surface area (Å²) in [5, 5.41) is 3.18. The van der Waals surface area contributed by atoms with Gasteiger partial charge in [-0.25, -0.2) is 9.78 Å². The minimum atomic E-state index is -0.336. The van der Waals surface area contributed by atoms with Crippen molar-refractivity contribution in [2.45, 2.75) is 26.2 Å². The molecule has 0 aliphatic heterocycles. The number of carbonyl (C=O) groups is 1. The van der Waals surface area contributed by atoms with Crippen molar-refractivity contribution in [2.75, 3.05) is 32.2 Å². The zero-order valence-electron chi connectivity index (χ0n) is 11.6. The van der Waals surface area contributed by atoms with E-state index in [1.807, 2.05) is 0 Å². The number of nitrogens with zero attached hydrogens (tertiary/aromatic N) is 1. The first-order chi connectivity index (χ1) is 9.29. The van der Waals surface area contributed by atoms with Gasteiger partial charge in [-0.2, -0.15) is 0 Å². The summed E-state index contributed by atoms with van der Waals surface area (Å²) in [6.45, 7) is 3.73. The van der Waals surface area contributed by atoms with Crippen LogP contribution in [0.2, 0.25) is 0 Å². The van der Waals surface area contributed by atoms with Crippen molar-refractivity contribution in [1.29, 1.82) is 0 Å². The molecule has 0 aliphatic rings. The fourth-order valence-electron chi connectivity index (χ4n) is 1.67. The first-order valence-corrected chi connectivity index (χ1v) is 6.64. The van der Waals surface area contributed by atoms with Gasteiger partial charge < -0.3 is 14.8 Å². The van der Waals surface area contributed by atoms with Crippen LogP contribution in [0.15, 0.2) is 18.3 Å². The molecule has 0 aromatic carbocycles. The lowest BCUT2D eigenvalue weighted by atomic mass is 10.2. The van der Waals surface area contributed by atoms with E-state index in [2.05, 4.69) is 10.3 Å². The Morgan fingerprint density at radius 1 is 1.37 bits per heavy atom. The van der Waals surface area contributed by atoms with Crippen molar-refractivity contribution in [1.82, 2.24) is 4.98 Å². The van der Waals surface area contributed by atoms with Crippen molar-refractivity contribution >= 4 is 11.8 Å². The number of esters is 1. The van der Waals surface area contributed by atoms with Crippen molar-refractivity contribution in [2.24, 2.45) is 0 Å². The number of nitrogens with one attached hydrogen (secondary N) is 1. The molecule has 0 fully saturated rings. The summed E-state index contributed by atoms with van der Waals surface area (Å²) in [5.74, 6) is 0.255. The van der Waals surface area contributed by atoms with Crippen LogP contribution >= 0.6 is 0 Å². The van der Waals surface area contributed by atoms with Crippen molar-refractivity contribution in [3.63, 3.8) is 0 Å². The molecule has 0 amide bonds. The Labute approximate surface area is 114 Å². The van der Waals surface area contributed by atoms with Crippen LogP contribution in [0.3, 0.4) is 0 Å². The molecular weight excluding hydrogens is 244 g/mol. The van der Waals surface area contributed by atoms with Gasteiger partial charge in [-0.1, -0.05) is 0 Å². The van der Waals surface area contributed by atoms with E-state index >= 15 is 0 Å². The van der Waals surface area contributed by atoms with Gasteiger partial charge in [0.2, 0.25) is 0 Å². The minimum absolute atomic E-state index is 0.336. The summed E-state index contributed by atoms with van der Waals surface area (Å²) >= 11 is 0. The number of unbranched alkanes of at least 4 members (excludes halogenated alkanes) is 2. The highest BCUT2D eigenvalue weighted by atomic mass is 16.5. The Hall–Kier alpha value is -1.62. The van der Waals surface area contributed by atoms with Crippen LogP contribution in [-0.4, -0.2) is 37.8 Å². The van der Waals surface area contributed by atoms with Gasteiger partial charge in [-0.3, -0.25) is 0 Å². The Morgan fingerprint density at radius 3 is 2.95 bits per heavy atom. The van der Waals surface area contributed by atoms with E-state index in [-0.39, 0.29) is 5.97 Å². The molecule has 0 saturated carbocycles. The van der Waals surface area contributed by atoms with Crippen LogP contribution in [0.1, 0.15) is 36.5 Å². The molecule has 0 bridgehead atoms. The lowest BCUT2D eigenvalue weighted by molar-refractivity contribution is 0.0527. The third-order valence-corrected chi connectivity index (χ3v) is 2.62. The summed E-state index contributed by atoms with van der Waals surface area (Å²) in [6.07, 6.45) is 4.81. The third kappa shape index (κ3) is 5.70. The number of ether oxygens (including phenoxy) is 2. The minimum Gasteiger partial charge on any atom is -0.462 e.